The molecule has 1 heterocycles. The van der Waals surface area contributed by atoms with E-state index in [-0.39, 0.29) is 29.6 Å². The molecule has 258 valence electrons. The normalized spacial score (nSPS) is 33.8. The molecule has 2 N–H and O–H groups in total. The van der Waals surface area contributed by atoms with E-state index in [2.05, 4.69) is 6.92 Å². The molecule has 3 rings (SSSR count). The maximum Gasteiger partial charge on any atom is 0.341 e. The molecule has 12 heteroatoms. The Morgan fingerprint density at radius 1 is 0.935 bits per heavy atom. The number of hydrogen-bond acceptors (Lipinski definition) is 12. The highest BCUT2D eigenvalue weighted by molar-refractivity contribution is 5.88. The number of carbonyl (C=O) groups excluding carboxylic acids is 5. The fourth-order valence-electron chi connectivity index (χ4n) is 6.90. The largest absolute Gasteiger partial charge is 0.459 e. The molecule has 0 bridgehead atoms. The van der Waals surface area contributed by atoms with E-state index in [1.807, 2.05) is 0 Å². The van der Waals surface area contributed by atoms with Gasteiger partial charge < -0.3 is 33.9 Å². The topological polar surface area (TPSA) is 172 Å². The van der Waals surface area contributed by atoms with Gasteiger partial charge in [-0.05, 0) is 58.6 Å². The van der Waals surface area contributed by atoms with E-state index in [0.29, 0.717) is 12.8 Å². The number of aliphatic hydroxyl groups is 2. The molecular formula is C34H50O12. The van der Waals surface area contributed by atoms with Crippen molar-refractivity contribution in [1.29, 1.82) is 0 Å². The van der Waals surface area contributed by atoms with Gasteiger partial charge in [-0.2, -0.15) is 0 Å². The molecule has 2 fully saturated rings. The number of allylic oxidation sites excluding steroid dienone is 1. The molecular weight excluding hydrogens is 600 g/mol. The summed E-state index contributed by atoms with van der Waals surface area (Å²) in [4.78, 5) is 65.1. The minimum atomic E-state index is -2.57. The summed E-state index contributed by atoms with van der Waals surface area (Å²) in [6, 6.07) is 0. The van der Waals surface area contributed by atoms with Gasteiger partial charge in [0.25, 0.3) is 0 Å². The zero-order valence-corrected chi connectivity index (χ0v) is 28.3. The molecule has 0 unspecified atom stereocenters. The van der Waals surface area contributed by atoms with Crippen LogP contribution in [0.15, 0.2) is 22.8 Å². The molecule has 8 atom stereocenters. The summed E-state index contributed by atoms with van der Waals surface area (Å²) in [5.41, 5.74) is -6.12. The zero-order valence-electron chi connectivity index (χ0n) is 28.3. The van der Waals surface area contributed by atoms with Crippen LogP contribution in [0.4, 0.5) is 0 Å². The number of ether oxygens (including phenoxy) is 5. The van der Waals surface area contributed by atoms with Gasteiger partial charge in [-0.3, -0.25) is 14.4 Å². The van der Waals surface area contributed by atoms with Crippen molar-refractivity contribution in [3.8, 4) is 0 Å². The van der Waals surface area contributed by atoms with Crippen molar-refractivity contribution in [1.82, 2.24) is 0 Å². The van der Waals surface area contributed by atoms with Crippen molar-refractivity contribution in [2.24, 2.45) is 5.92 Å². The van der Waals surface area contributed by atoms with E-state index in [9.17, 15) is 34.2 Å². The van der Waals surface area contributed by atoms with Crippen molar-refractivity contribution in [3.63, 3.8) is 0 Å². The lowest BCUT2D eigenvalue weighted by atomic mass is 9.75. The lowest BCUT2D eigenvalue weighted by molar-refractivity contribution is -0.212. The number of rotatable bonds is 13. The van der Waals surface area contributed by atoms with Gasteiger partial charge in [0.05, 0.1) is 5.92 Å². The van der Waals surface area contributed by atoms with Gasteiger partial charge in [0.2, 0.25) is 0 Å². The fourth-order valence-corrected chi connectivity index (χ4v) is 6.90. The van der Waals surface area contributed by atoms with Crippen LogP contribution >= 0.6 is 0 Å². The SMILES string of the molecule is C/C=C(\C)C(=O)O[C@H]1C(C)=C2[C@H]3OC(=O)[C@](C)(O)[C@]3(O)[C@H](OC(=O)CCC)C[C@@](C)(OC(C)=O)[C@H]2[C@@H]1OC(=O)CCCCCCC. The highest BCUT2D eigenvalue weighted by Gasteiger charge is 2.76. The van der Waals surface area contributed by atoms with E-state index < -0.39 is 83.4 Å². The molecule has 0 spiro atoms. The molecule has 0 aromatic carbocycles. The van der Waals surface area contributed by atoms with Crippen LogP contribution < -0.4 is 0 Å². The molecule has 0 aromatic heterocycles. The Morgan fingerprint density at radius 2 is 1.57 bits per heavy atom. The van der Waals surface area contributed by atoms with Crippen LogP contribution in [0.3, 0.4) is 0 Å². The number of hydrogen-bond donors (Lipinski definition) is 2. The first kappa shape index (κ1) is 37.2. The van der Waals surface area contributed by atoms with E-state index in [4.69, 9.17) is 23.7 Å². The second-order valence-electron chi connectivity index (χ2n) is 13.1. The maximum atomic E-state index is 13.3. The standard InChI is InChI=1S/C34H50O12/c1-9-12-13-14-15-17-24(37)43-28-26-25(20(5)27(28)44-30(38)19(4)11-3)29-34(41,33(8,40)31(39)45-29)22(42-23(36)16-10-2)18-32(26,7)46-21(6)35/h11,22,26-29,40-41H,9-10,12-18H2,1-8H3/b19-11+/t22-,26-,27+,28+,29-,32-,33+,34+/m1/s1. The Morgan fingerprint density at radius 3 is 2.15 bits per heavy atom. The van der Waals surface area contributed by atoms with Crippen LogP contribution in [0.1, 0.15) is 113 Å². The summed E-state index contributed by atoms with van der Waals surface area (Å²) in [6.45, 7) is 12.4. The summed E-state index contributed by atoms with van der Waals surface area (Å²) in [5.74, 6) is -5.03. The van der Waals surface area contributed by atoms with Crippen LogP contribution in [0.2, 0.25) is 0 Å². The highest BCUT2D eigenvalue weighted by atomic mass is 16.6. The second-order valence-corrected chi connectivity index (χ2v) is 13.1. The molecule has 46 heavy (non-hydrogen) atoms. The molecule has 1 saturated carbocycles. The maximum absolute atomic E-state index is 13.3. The van der Waals surface area contributed by atoms with Gasteiger partial charge in [0.1, 0.15) is 11.7 Å². The lowest BCUT2D eigenvalue weighted by Gasteiger charge is -2.41. The van der Waals surface area contributed by atoms with Gasteiger partial charge in [-0.25, -0.2) is 9.59 Å². The molecule has 12 nitrogen and oxygen atoms in total. The Labute approximate surface area is 270 Å². The number of fused-ring (bicyclic) bond motifs is 3. The van der Waals surface area contributed by atoms with Crippen LogP contribution in [0, 0.1) is 5.92 Å². The van der Waals surface area contributed by atoms with E-state index in [1.54, 1.807) is 33.8 Å². The Balaban J connectivity index is 2.23. The summed E-state index contributed by atoms with van der Waals surface area (Å²) in [7, 11) is 0. The van der Waals surface area contributed by atoms with Gasteiger partial charge in [-0.1, -0.05) is 45.6 Å². The molecule has 3 aliphatic rings. The Kier molecular flexibility index (Phi) is 11.9. The Bertz CT molecular complexity index is 1260. The summed E-state index contributed by atoms with van der Waals surface area (Å²) in [5, 5.41) is 23.9. The van der Waals surface area contributed by atoms with E-state index in [0.717, 1.165) is 32.6 Å². The number of carbonyl (C=O) groups is 5. The van der Waals surface area contributed by atoms with Crippen molar-refractivity contribution < 1.29 is 57.9 Å². The predicted octanol–water partition coefficient (Wildman–Crippen LogP) is 3.93. The third kappa shape index (κ3) is 7.02. The summed E-state index contributed by atoms with van der Waals surface area (Å²) < 4.78 is 29.3. The zero-order chi connectivity index (χ0) is 34.6. The van der Waals surface area contributed by atoms with E-state index >= 15 is 0 Å². The molecule has 0 radical (unpaired) electrons. The minimum Gasteiger partial charge on any atom is -0.459 e. The molecule has 1 aliphatic heterocycles. The molecule has 1 saturated heterocycles. The first-order valence-corrected chi connectivity index (χ1v) is 16.3. The predicted molar refractivity (Wildman–Crippen MR) is 164 cm³/mol. The first-order chi connectivity index (χ1) is 21.5. The minimum absolute atomic E-state index is 0.0234. The lowest BCUT2D eigenvalue weighted by Crippen LogP contribution is -2.64. The highest BCUT2D eigenvalue weighted by Crippen LogP contribution is 2.57. The second kappa shape index (κ2) is 14.7. The fraction of sp³-hybridized carbons (Fsp3) is 0.735. The summed E-state index contributed by atoms with van der Waals surface area (Å²) >= 11 is 0. The average Bonchev–Trinajstić information content (AvgIpc) is 3.30. The first-order valence-electron chi connectivity index (χ1n) is 16.3. The number of unbranched alkanes of at least 4 members (excludes halogenated alkanes) is 4. The third-order valence-corrected chi connectivity index (χ3v) is 9.51. The van der Waals surface area contributed by atoms with Crippen LogP contribution in [-0.2, 0) is 47.7 Å². The van der Waals surface area contributed by atoms with Crippen molar-refractivity contribution in [2.45, 2.75) is 154 Å². The Hall–Kier alpha value is -3.25. The quantitative estimate of drug-likeness (QED) is 0.0969. The third-order valence-electron chi connectivity index (χ3n) is 9.51. The van der Waals surface area contributed by atoms with Gasteiger partial charge in [0, 0.05) is 31.8 Å². The van der Waals surface area contributed by atoms with Crippen LogP contribution in [-0.4, -0.2) is 81.3 Å². The average molecular weight is 651 g/mol. The van der Waals surface area contributed by atoms with Crippen molar-refractivity contribution in [3.05, 3.63) is 22.8 Å². The molecule has 0 amide bonds. The van der Waals surface area contributed by atoms with Gasteiger partial charge in [-0.15, -0.1) is 0 Å². The van der Waals surface area contributed by atoms with Crippen LogP contribution in [0.25, 0.3) is 0 Å². The number of esters is 5. The molecule has 2 aliphatic carbocycles. The summed E-state index contributed by atoms with van der Waals surface area (Å²) in [6.07, 6.45) is 0.272. The van der Waals surface area contributed by atoms with Crippen molar-refractivity contribution >= 4 is 29.8 Å². The van der Waals surface area contributed by atoms with Gasteiger partial charge >= 0.3 is 29.8 Å². The van der Waals surface area contributed by atoms with Crippen molar-refractivity contribution in [2.75, 3.05) is 0 Å². The smallest absolute Gasteiger partial charge is 0.341 e. The van der Waals surface area contributed by atoms with Gasteiger partial charge in [0.15, 0.2) is 29.5 Å². The monoisotopic (exact) mass is 650 g/mol. The van der Waals surface area contributed by atoms with Crippen LogP contribution in [0.5, 0.6) is 0 Å². The molecule has 0 aromatic rings. The van der Waals surface area contributed by atoms with E-state index in [1.165, 1.54) is 13.8 Å².